The van der Waals surface area contributed by atoms with Crippen LogP contribution in [0.25, 0.3) is 11.5 Å². The Balaban J connectivity index is 1.61. The fraction of sp³-hybridized carbons (Fsp3) is 0.238. The van der Waals surface area contributed by atoms with Crippen molar-refractivity contribution in [3.05, 3.63) is 59.5 Å². The van der Waals surface area contributed by atoms with Crippen molar-refractivity contribution in [2.75, 3.05) is 36.4 Å². The van der Waals surface area contributed by atoms with Crippen molar-refractivity contribution in [3.8, 4) is 11.5 Å². The third kappa shape index (κ3) is 3.93. The van der Waals surface area contributed by atoms with E-state index in [1.807, 2.05) is 24.3 Å². The molecule has 2 heterocycles. The molecule has 7 nitrogen and oxygen atoms in total. The molecule has 0 bridgehead atoms. The number of rotatable bonds is 5. The average Bonchev–Trinajstić information content (AvgIpc) is 3.13. The largest absolute Gasteiger partial charge is 0.419 e. The number of aromatic nitrogens is 1. The lowest BCUT2D eigenvalue weighted by atomic mass is 10.1. The van der Waals surface area contributed by atoms with E-state index in [9.17, 15) is 9.18 Å². The number of nitrogens with one attached hydrogen (secondary N) is 2. The van der Waals surface area contributed by atoms with Crippen molar-refractivity contribution in [2.45, 2.75) is 6.92 Å². The van der Waals surface area contributed by atoms with Gasteiger partial charge in [0.2, 0.25) is 11.8 Å². The summed E-state index contributed by atoms with van der Waals surface area (Å²) in [7, 11) is 0. The SMILES string of the molecule is Cc1cccc(F)c1-c1nc(C(N)=O)c(Nc2ccc(N3CCNCC3)cc2)o1. The molecule has 0 aliphatic carbocycles. The maximum absolute atomic E-state index is 14.3. The average molecular weight is 395 g/mol. The molecular weight excluding hydrogens is 373 g/mol. The van der Waals surface area contributed by atoms with E-state index in [0.717, 1.165) is 31.9 Å². The molecule has 1 aromatic heterocycles. The van der Waals surface area contributed by atoms with Gasteiger partial charge >= 0.3 is 0 Å². The summed E-state index contributed by atoms with van der Waals surface area (Å²) < 4.78 is 20.0. The fourth-order valence-corrected chi connectivity index (χ4v) is 3.39. The molecule has 2 aromatic carbocycles. The first-order valence-electron chi connectivity index (χ1n) is 9.42. The van der Waals surface area contributed by atoms with Gasteiger partial charge in [0.25, 0.3) is 5.91 Å². The van der Waals surface area contributed by atoms with Gasteiger partial charge in [-0.3, -0.25) is 4.79 Å². The monoisotopic (exact) mass is 395 g/mol. The van der Waals surface area contributed by atoms with Gasteiger partial charge in [-0.15, -0.1) is 0 Å². The second kappa shape index (κ2) is 7.92. The van der Waals surface area contributed by atoms with Gasteiger partial charge in [0.05, 0.1) is 5.56 Å². The van der Waals surface area contributed by atoms with Crippen molar-refractivity contribution in [2.24, 2.45) is 5.73 Å². The number of hydrogen-bond acceptors (Lipinski definition) is 6. The van der Waals surface area contributed by atoms with E-state index in [4.69, 9.17) is 10.2 Å². The van der Waals surface area contributed by atoms with E-state index in [0.29, 0.717) is 11.3 Å². The van der Waals surface area contributed by atoms with Gasteiger partial charge in [-0.2, -0.15) is 0 Å². The molecule has 3 aromatic rings. The number of nitrogens with two attached hydrogens (primary N) is 1. The first-order valence-corrected chi connectivity index (χ1v) is 9.42. The molecule has 1 saturated heterocycles. The normalized spacial score (nSPS) is 14.1. The lowest BCUT2D eigenvalue weighted by molar-refractivity contribution is 0.0996. The summed E-state index contributed by atoms with van der Waals surface area (Å²) in [5.41, 5.74) is 8.05. The van der Waals surface area contributed by atoms with E-state index in [2.05, 4.69) is 20.5 Å². The van der Waals surface area contributed by atoms with Gasteiger partial charge in [0, 0.05) is 37.6 Å². The van der Waals surface area contributed by atoms with Crippen LogP contribution >= 0.6 is 0 Å². The Morgan fingerprint density at radius 1 is 1.21 bits per heavy atom. The number of aryl methyl sites for hydroxylation is 1. The summed E-state index contributed by atoms with van der Waals surface area (Å²) in [6.45, 7) is 5.56. The van der Waals surface area contributed by atoms with Crippen LogP contribution in [0, 0.1) is 12.7 Å². The van der Waals surface area contributed by atoms with Crippen molar-refractivity contribution in [1.82, 2.24) is 10.3 Å². The maximum Gasteiger partial charge on any atom is 0.273 e. The number of anilines is 3. The third-order valence-corrected chi connectivity index (χ3v) is 4.90. The number of carbonyl (C=O) groups excluding carboxylic acids is 1. The van der Waals surface area contributed by atoms with E-state index in [-0.39, 0.29) is 23.0 Å². The highest BCUT2D eigenvalue weighted by Gasteiger charge is 2.22. The van der Waals surface area contributed by atoms with Gasteiger partial charge in [-0.1, -0.05) is 12.1 Å². The highest BCUT2D eigenvalue weighted by Crippen LogP contribution is 2.32. The molecule has 0 unspecified atom stereocenters. The lowest BCUT2D eigenvalue weighted by Gasteiger charge is -2.29. The van der Waals surface area contributed by atoms with E-state index >= 15 is 0 Å². The van der Waals surface area contributed by atoms with E-state index in [1.165, 1.54) is 6.07 Å². The molecule has 0 radical (unpaired) electrons. The van der Waals surface area contributed by atoms with E-state index < -0.39 is 11.7 Å². The summed E-state index contributed by atoms with van der Waals surface area (Å²) in [6.07, 6.45) is 0. The van der Waals surface area contributed by atoms with Gasteiger partial charge in [0.1, 0.15) is 5.82 Å². The van der Waals surface area contributed by atoms with Crippen LogP contribution in [0.1, 0.15) is 16.1 Å². The summed E-state index contributed by atoms with van der Waals surface area (Å²) >= 11 is 0. The fourth-order valence-electron chi connectivity index (χ4n) is 3.39. The van der Waals surface area contributed by atoms with Crippen LogP contribution in [0.15, 0.2) is 46.9 Å². The summed E-state index contributed by atoms with van der Waals surface area (Å²) in [5.74, 6) is -1.14. The predicted octanol–water partition coefficient (Wildman–Crippen LogP) is 3.04. The number of oxazole rings is 1. The molecule has 1 amide bonds. The first-order chi connectivity index (χ1) is 14.0. The number of nitrogens with zero attached hydrogens (tertiary/aromatic N) is 2. The zero-order valence-corrected chi connectivity index (χ0v) is 16.0. The second-order valence-corrected chi connectivity index (χ2v) is 6.90. The molecule has 4 N–H and O–H groups in total. The van der Waals surface area contributed by atoms with Crippen molar-refractivity contribution in [3.63, 3.8) is 0 Å². The van der Waals surface area contributed by atoms with Crippen LogP contribution < -0.4 is 21.3 Å². The van der Waals surface area contributed by atoms with Gasteiger partial charge in [-0.25, -0.2) is 9.37 Å². The van der Waals surface area contributed by atoms with Gasteiger partial charge in [-0.05, 0) is 42.8 Å². The van der Waals surface area contributed by atoms with Crippen LogP contribution in [-0.4, -0.2) is 37.1 Å². The highest BCUT2D eigenvalue weighted by atomic mass is 19.1. The molecular formula is C21H22FN5O2. The number of carbonyl (C=O) groups is 1. The molecule has 29 heavy (non-hydrogen) atoms. The Bertz CT molecular complexity index is 1010. The van der Waals surface area contributed by atoms with Crippen LogP contribution in [0.4, 0.5) is 21.6 Å². The molecule has 0 spiro atoms. The first kappa shape index (κ1) is 18.9. The number of halogens is 1. The molecule has 1 aliphatic rings. The Hall–Kier alpha value is -3.39. The Labute approximate surface area is 167 Å². The van der Waals surface area contributed by atoms with Crippen LogP contribution in [0.2, 0.25) is 0 Å². The zero-order valence-electron chi connectivity index (χ0n) is 16.0. The highest BCUT2D eigenvalue weighted by molar-refractivity contribution is 5.96. The second-order valence-electron chi connectivity index (χ2n) is 6.90. The molecule has 8 heteroatoms. The minimum absolute atomic E-state index is 0.00865. The lowest BCUT2D eigenvalue weighted by Crippen LogP contribution is -2.43. The van der Waals surface area contributed by atoms with Crippen molar-refractivity contribution < 1.29 is 13.6 Å². The summed E-state index contributed by atoms with van der Waals surface area (Å²) in [4.78, 5) is 18.3. The molecule has 0 saturated carbocycles. The van der Waals surface area contributed by atoms with Crippen LogP contribution in [0.5, 0.6) is 0 Å². The Morgan fingerprint density at radius 2 is 1.93 bits per heavy atom. The minimum Gasteiger partial charge on any atom is -0.419 e. The Morgan fingerprint density at radius 3 is 2.59 bits per heavy atom. The van der Waals surface area contributed by atoms with Crippen LogP contribution in [0.3, 0.4) is 0 Å². The number of piperazine rings is 1. The topological polar surface area (TPSA) is 96.4 Å². The quantitative estimate of drug-likeness (QED) is 0.615. The number of hydrogen-bond donors (Lipinski definition) is 3. The smallest absolute Gasteiger partial charge is 0.273 e. The summed E-state index contributed by atoms with van der Waals surface area (Å²) in [5, 5.41) is 6.35. The minimum atomic E-state index is -0.756. The number of primary amides is 1. The van der Waals surface area contributed by atoms with Gasteiger partial charge in [0.15, 0.2) is 5.69 Å². The number of amides is 1. The number of benzene rings is 2. The molecule has 1 fully saturated rings. The predicted molar refractivity (Wildman–Crippen MR) is 110 cm³/mol. The summed E-state index contributed by atoms with van der Waals surface area (Å²) in [6, 6.07) is 12.4. The van der Waals surface area contributed by atoms with Crippen molar-refractivity contribution >= 4 is 23.2 Å². The zero-order chi connectivity index (χ0) is 20.4. The molecule has 0 atom stereocenters. The van der Waals surface area contributed by atoms with Crippen molar-refractivity contribution in [1.29, 1.82) is 0 Å². The maximum atomic E-state index is 14.3. The van der Waals surface area contributed by atoms with Crippen LogP contribution in [-0.2, 0) is 0 Å². The third-order valence-electron chi connectivity index (χ3n) is 4.90. The Kier molecular flexibility index (Phi) is 5.18. The molecule has 1 aliphatic heterocycles. The van der Waals surface area contributed by atoms with Gasteiger partial charge < -0.3 is 25.7 Å². The standard InChI is InChI=1S/C21H22FN5O2/c1-13-3-2-4-16(22)17(13)20-26-18(19(23)28)21(29-20)25-14-5-7-15(8-6-14)27-11-9-24-10-12-27/h2-8,24-25H,9-12H2,1H3,(H2,23,28). The molecule has 150 valence electrons. The molecule has 4 rings (SSSR count). The van der Waals surface area contributed by atoms with E-state index in [1.54, 1.807) is 19.1 Å².